The maximum absolute atomic E-state index is 12.6. The number of carbonyl (C=O) groups is 2. The Balaban J connectivity index is 1.99. The Morgan fingerprint density at radius 1 is 1.08 bits per heavy atom. The van der Waals surface area contributed by atoms with Crippen molar-refractivity contribution < 1.29 is 24.2 Å². The van der Waals surface area contributed by atoms with Crippen LogP contribution < -0.4 is 4.74 Å². The maximum Gasteiger partial charge on any atom is 0.341 e. The van der Waals surface area contributed by atoms with E-state index < -0.39 is 12.1 Å². The van der Waals surface area contributed by atoms with Gasteiger partial charge in [0.2, 0.25) is 0 Å². The molecule has 25 heavy (non-hydrogen) atoms. The third-order valence-corrected chi connectivity index (χ3v) is 3.64. The summed E-state index contributed by atoms with van der Waals surface area (Å²) < 4.78 is 10.5. The van der Waals surface area contributed by atoms with Crippen LogP contribution in [0, 0.1) is 0 Å². The van der Waals surface area contributed by atoms with Gasteiger partial charge >= 0.3 is 5.97 Å². The lowest BCUT2D eigenvalue weighted by Crippen LogP contribution is -2.32. The second-order valence-corrected chi connectivity index (χ2v) is 5.55. The number of carboxylic acid groups (broad SMARTS) is 1. The van der Waals surface area contributed by atoms with Gasteiger partial charge in [0, 0.05) is 20.7 Å². The average Bonchev–Trinajstić information content (AvgIpc) is 2.62. The van der Waals surface area contributed by atoms with Crippen molar-refractivity contribution >= 4 is 11.9 Å². The van der Waals surface area contributed by atoms with Gasteiger partial charge in [-0.25, -0.2) is 4.79 Å². The number of hydrogen-bond donors (Lipinski definition) is 1. The first kappa shape index (κ1) is 18.5. The highest BCUT2D eigenvalue weighted by Gasteiger charge is 2.23. The van der Waals surface area contributed by atoms with Crippen molar-refractivity contribution in [2.24, 2.45) is 0 Å². The largest absolute Gasteiger partial charge is 0.482 e. The smallest absolute Gasteiger partial charge is 0.341 e. The van der Waals surface area contributed by atoms with Gasteiger partial charge in [-0.2, -0.15) is 0 Å². The molecule has 0 saturated heterocycles. The van der Waals surface area contributed by atoms with Gasteiger partial charge in [-0.1, -0.05) is 42.5 Å². The number of hydrogen-bond acceptors (Lipinski definition) is 4. The van der Waals surface area contributed by atoms with Crippen LogP contribution in [0.25, 0.3) is 0 Å². The lowest BCUT2D eigenvalue weighted by atomic mass is 10.1. The summed E-state index contributed by atoms with van der Waals surface area (Å²) in [5, 5.41) is 8.60. The third-order valence-electron chi connectivity index (χ3n) is 3.64. The minimum atomic E-state index is -1.03. The number of carboxylic acids is 1. The predicted molar refractivity (Wildman–Crippen MR) is 92.2 cm³/mol. The molecule has 0 radical (unpaired) electrons. The van der Waals surface area contributed by atoms with Crippen molar-refractivity contribution in [3.05, 3.63) is 65.7 Å². The van der Waals surface area contributed by atoms with E-state index in [9.17, 15) is 9.59 Å². The number of likely N-dealkylation sites (N-methyl/N-ethyl adjacent to an activating group) is 1. The van der Waals surface area contributed by atoms with Crippen LogP contribution in [0.3, 0.4) is 0 Å². The number of rotatable bonds is 8. The number of aliphatic carboxylic acids is 1. The first-order valence-corrected chi connectivity index (χ1v) is 7.77. The summed E-state index contributed by atoms with van der Waals surface area (Å²) in [5.41, 5.74) is 1.71. The molecule has 0 spiro atoms. The van der Waals surface area contributed by atoms with E-state index >= 15 is 0 Å². The molecule has 0 heterocycles. The molecule has 0 aliphatic carbocycles. The standard InChI is InChI=1S/C19H21NO5/c1-20(19(23)18(24-2)15-6-4-3-5-7-15)12-14-8-10-16(11-9-14)25-13-17(21)22/h3-11,18H,12-13H2,1-2H3,(H,21,22)/t18-/m1/s1. The minimum Gasteiger partial charge on any atom is -0.482 e. The minimum absolute atomic E-state index is 0.139. The lowest BCUT2D eigenvalue weighted by molar-refractivity contribution is -0.141. The van der Waals surface area contributed by atoms with Crippen LogP contribution in [0.2, 0.25) is 0 Å². The van der Waals surface area contributed by atoms with Crippen molar-refractivity contribution in [2.45, 2.75) is 12.6 Å². The Morgan fingerprint density at radius 3 is 2.28 bits per heavy atom. The fraction of sp³-hybridized carbons (Fsp3) is 0.263. The first-order chi connectivity index (χ1) is 12.0. The molecule has 0 aliphatic heterocycles. The molecule has 6 heteroatoms. The number of benzene rings is 2. The molecule has 2 aromatic carbocycles. The van der Waals surface area contributed by atoms with Crippen LogP contribution >= 0.6 is 0 Å². The number of ether oxygens (including phenoxy) is 2. The number of amides is 1. The monoisotopic (exact) mass is 343 g/mol. The molecule has 0 fully saturated rings. The van der Waals surface area contributed by atoms with Crippen molar-refractivity contribution in [3.63, 3.8) is 0 Å². The zero-order valence-corrected chi connectivity index (χ0v) is 14.2. The van der Waals surface area contributed by atoms with Crippen LogP contribution in [0.1, 0.15) is 17.2 Å². The Bertz CT molecular complexity index is 700. The van der Waals surface area contributed by atoms with Gasteiger partial charge in [-0.05, 0) is 23.3 Å². The van der Waals surface area contributed by atoms with Crippen molar-refractivity contribution in [3.8, 4) is 5.75 Å². The fourth-order valence-electron chi connectivity index (χ4n) is 2.40. The van der Waals surface area contributed by atoms with Gasteiger partial charge in [-0.15, -0.1) is 0 Å². The molecule has 0 bridgehead atoms. The van der Waals surface area contributed by atoms with E-state index in [0.29, 0.717) is 12.3 Å². The van der Waals surface area contributed by atoms with E-state index in [0.717, 1.165) is 11.1 Å². The lowest BCUT2D eigenvalue weighted by Gasteiger charge is -2.23. The number of carbonyl (C=O) groups excluding carboxylic acids is 1. The fourth-order valence-corrected chi connectivity index (χ4v) is 2.40. The molecular formula is C19H21NO5. The molecule has 1 amide bonds. The normalized spacial score (nSPS) is 11.6. The molecule has 0 unspecified atom stereocenters. The zero-order valence-electron chi connectivity index (χ0n) is 14.2. The highest BCUT2D eigenvalue weighted by molar-refractivity contribution is 5.82. The van der Waals surface area contributed by atoms with Gasteiger partial charge in [0.15, 0.2) is 12.7 Å². The maximum atomic E-state index is 12.6. The summed E-state index contributed by atoms with van der Waals surface area (Å²) in [4.78, 5) is 24.7. The molecule has 0 aromatic heterocycles. The molecule has 1 atom stereocenters. The van der Waals surface area contributed by atoms with Crippen molar-refractivity contribution in [2.75, 3.05) is 20.8 Å². The van der Waals surface area contributed by atoms with Crippen LogP contribution in [-0.2, 0) is 20.9 Å². The first-order valence-electron chi connectivity index (χ1n) is 7.77. The molecule has 1 N–H and O–H groups in total. The van der Waals surface area contributed by atoms with E-state index in [1.165, 1.54) is 7.11 Å². The summed E-state index contributed by atoms with van der Waals surface area (Å²) in [5.74, 6) is -0.694. The number of nitrogens with zero attached hydrogens (tertiary/aromatic N) is 1. The summed E-state index contributed by atoms with van der Waals surface area (Å²) in [6, 6.07) is 16.3. The van der Waals surface area contributed by atoms with Crippen molar-refractivity contribution in [1.82, 2.24) is 4.90 Å². The van der Waals surface area contributed by atoms with E-state index in [4.69, 9.17) is 14.6 Å². The van der Waals surface area contributed by atoms with Crippen LogP contribution in [-0.4, -0.2) is 42.6 Å². The Morgan fingerprint density at radius 2 is 1.72 bits per heavy atom. The highest BCUT2D eigenvalue weighted by Crippen LogP contribution is 2.20. The summed E-state index contributed by atoms with van der Waals surface area (Å²) in [7, 11) is 3.23. The van der Waals surface area contributed by atoms with Gasteiger partial charge in [0.1, 0.15) is 5.75 Å². The molecule has 2 rings (SSSR count). The molecule has 0 aliphatic rings. The molecule has 132 valence electrons. The summed E-state index contributed by atoms with van der Waals surface area (Å²) in [6.07, 6.45) is -0.649. The summed E-state index contributed by atoms with van der Waals surface area (Å²) >= 11 is 0. The quantitative estimate of drug-likeness (QED) is 0.797. The van der Waals surface area contributed by atoms with Crippen molar-refractivity contribution in [1.29, 1.82) is 0 Å². The van der Waals surface area contributed by atoms with Crippen LogP contribution in [0.5, 0.6) is 5.75 Å². The average molecular weight is 343 g/mol. The zero-order chi connectivity index (χ0) is 18.2. The Labute approximate surface area is 146 Å². The molecule has 0 saturated carbocycles. The SMILES string of the molecule is CO[C@@H](C(=O)N(C)Cc1ccc(OCC(=O)O)cc1)c1ccccc1. The van der Waals surface area contributed by atoms with Gasteiger partial charge in [0.05, 0.1) is 0 Å². The topological polar surface area (TPSA) is 76.1 Å². The van der Waals surface area contributed by atoms with E-state index in [1.54, 1.807) is 36.2 Å². The van der Waals surface area contributed by atoms with Crippen LogP contribution in [0.4, 0.5) is 0 Å². The second-order valence-electron chi connectivity index (χ2n) is 5.55. The number of methoxy groups -OCH3 is 1. The Kier molecular flexibility index (Phi) is 6.54. The van der Waals surface area contributed by atoms with E-state index in [1.807, 2.05) is 30.3 Å². The summed E-state index contributed by atoms with van der Waals surface area (Å²) in [6.45, 7) is 0.0229. The van der Waals surface area contributed by atoms with E-state index in [-0.39, 0.29) is 12.5 Å². The van der Waals surface area contributed by atoms with Crippen LogP contribution in [0.15, 0.2) is 54.6 Å². The van der Waals surface area contributed by atoms with Gasteiger partial charge < -0.3 is 19.5 Å². The van der Waals surface area contributed by atoms with E-state index in [2.05, 4.69) is 0 Å². The highest BCUT2D eigenvalue weighted by atomic mass is 16.5. The van der Waals surface area contributed by atoms with Gasteiger partial charge in [0.25, 0.3) is 5.91 Å². The molecular weight excluding hydrogens is 322 g/mol. The third kappa shape index (κ3) is 5.32. The predicted octanol–water partition coefficient (Wildman–Crippen LogP) is 2.50. The van der Waals surface area contributed by atoms with Gasteiger partial charge in [-0.3, -0.25) is 4.79 Å². The molecule has 2 aromatic rings. The molecule has 6 nitrogen and oxygen atoms in total. The Hall–Kier alpha value is -2.86. The second kappa shape index (κ2) is 8.84.